The van der Waals surface area contributed by atoms with Gasteiger partial charge in [-0.3, -0.25) is 4.79 Å². The van der Waals surface area contributed by atoms with Crippen molar-refractivity contribution in [3.05, 3.63) is 16.8 Å². The average Bonchev–Trinajstić information content (AvgIpc) is 2.45. The lowest BCUT2D eigenvalue weighted by molar-refractivity contribution is -0.137. The molecule has 0 fully saturated rings. The van der Waals surface area contributed by atoms with Gasteiger partial charge in [-0.25, -0.2) is 0 Å². The van der Waals surface area contributed by atoms with E-state index >= 15 is 0 Å². The predicted molar refractivity (Wildman–Crippen MR) is 80.0 cm³/mol. The Hall–Kier alpha value is -2.16. The summed E-state index contributed by atoms with van der Waals surface area (Å²) in [5.41, 5.74) is 2.18. The zero-order valence-electron chi connectivity index (χ0n) is 13.0. The zero-order valence-corrected chi connectivity index (χ0v) is 13.0. The first-order chi connectivity index (χ1) is 9.94. The molecular formula is C15H22N4O2. The van der Waals surface area contributed by atoms with Crippen LogP contribution in [-0.4, -0.2) is 27.3 Å². The fraction of sp³-hybridized carbons (Fsp3) is 0.600. The van der Waals surface area contributed by atoms with Gasteiger partial charge in [0.15, 0.2) is 5.82 Å². The second-order valence-electron chi connectivity index (χ2n) is 5.26. The molecule has 0 bridgehead atoms. The van der Waals surface area contributed by atoms with Gasteiger partial charge in [0.1, 0.15) is 11.6 Å². The Labute approximate surface area is 125 Å². The molecule has 114 valence electrons. The first-order valence-corrected chi connectivity index (χ1v) is 7.21. The molecule has 6 heteroatoms. The summed E-state index contributed by atoms with van der Waals surface area (Å²) in [5.74, 6) is -0.398. The highest BCUT2D eigenvalue weighted by Gasteiger charge is 2.21. The first-order valence-electron chi connectivity index (χ1n) is 7.21. The Bertz CT molecular complexity index is 549. The van der Waals surface area contributed by atoms with Crippen molar-refractivity contribution in [1.29, 1.82) is 5.26 Å². The van der Waals surface area contributed by atoms with Gasteiger partial charge in [-0.15, -0.1) is 5.10 Å². The molecule has 0 aromatic carbocycles. The summed E-state index contributed by atoms with van der Waals surface area (Å²) in [6, 6.07) is 1.88. The summed E-state index contributed by atoms with van der Waals surface area (Å²) >= 11 is 0. The van der Waals surface area contributed by atoms with Crippen LogP contribution in [0.2, 0.25) is 0 Å². The summed E-state index contributed by atoms with van der Waals surface area (Å²) in [7, 11) is 0. The maximum absolute atomic E-state index is 10.9. The van der Waals surface area contributed by atoms with Crippen LogP contribution in [0, 0.1) is 17.2 Å². The number of carboxylic acids is 1. The molecule has 0 radical (unpaired) electrons. The van der Waals surface area contributed by atoms with Gasteiger partial charge in [0.25, 0.3) is 0 Å². The number of carboxylic acid groups (broad SMARTS) is 1. The molecule has 1 aromatic heterocycles. The van der Waals surface area contributed by atoms with Gasteiger partial charge in [-0.1, -0.05) is 27.7 Å². The molecule has 0 saturated heterocycles. The van der Waals surface area contributed by atoms with Crippen molar-refractivity contribution in [2.75, 3.05) is 5.32 Å². The summed E-state index contributed by atoms with van der Waals surface area (Å²) in [4.78, 5) is 10.9. The quantitative estimate of drug-likeness (QED) is 0.800. The topological polar surface area (TPSA) is 98.9 Å². The first kappa shape index (κ1) is 16.9. The third kappa shape index (κ3) is 4.15. The fourth-order valence-electron chi connectivity index (χ4n) is 2.21. The van der Waals surface area contributed by atoms with Crippen molar-refractivity contribution in [1.82, 2.24) is 10.2 Å². The van der Waals surface area contributed by atoms with Gasteiger partial charge in [0.05, 0.1) is 12.1 Å². The third-order valence-electron chi connectivity index (χ3n) is 3.48. The second-order valence-corrected chi connectivity index (χ2v) is 5.26. The number of nitrogens with one attached hydrogen (secondary N) is 1. The predicted octanol–water partition coefficient (Wildman–Crippen LogP) is 2.38. The number of hydrogen-bond donors (Lipinski definition) is 2. The van der Waals surface area contributed by atoms with Crippen LogP contribution < -0.4 is 5.32 Å². The van der Waals surface area contributed by atoms with E-state index in [0.29, 0.717) is 24.2 Å². The molecule has 0 aliphatic heterocycles. The molecule has 1 unspecified atom stereocenters. The standard InChI is InChI=1S/C15H22N4O2/c1-5-10-11(8-16)15(19-18-12(10)6-2)17-13(9(3)4)7-14(20)21/h9,13H,5-7H2,1-4H3,(H,17,19)(H,20,21). The number of aryl methyl sites for hydroxylation is 1. The van der Waals surface area contributed by atoms with Crippen molar-refractivity contribution >= 4 is 11.8 Å². The second kappa shape index (κ2) is 7.58. The Morgan fingerprint density at radius 1 is 1.33 bits per heavy atom. The number of hydrogen-bond acceptors (Lipinski definition) is 5. The van der Waals surface area contributed by atoms with Crippen LogP contribution in [0.1, 0.15) is 50.9 Å². The number of aromatic nitrogens is 2. The lowest BCUT2D eigenvalue weighted by Crippen LogP contribution is -2.30. The van der Waals surface area contributed by atoms with E-state index in [9.17, 15) is 10.1 Å². The van der Waals surface area contributed by atoms with E-state index in [4.69, 9.17) is 5.11 Å². The van der Waals surface area contributed by atoms with Crippen molar-refractivity contribution in [3.63, 3.8) is 0 Å². The van der Waals surface area contributed by atoms with Gasteiger partial charge >= 0.3 is 5.97 Å². The molecule has 0 amide bonds. The van der Waals surface area contributed by atoms with Crippen molar-refractivity contribution in [2.24, 2.45) is 5.92 Å². The normalized spacial score (nSPS) is 12.0. The molecule has 21 heavy (non-hydrogen) atoms. The van der Waals surface area contributed by atoms with E-state index in [-0.39, 0.29) is 18.4 Å². The number of nitriles is 1. The van der Waals surface area contributed by atoms with E-state index < -0.39 is 5.97 Å². The smallest absolute Gasteiger partial charge is 0.305 e. The number of rotatable bonds is 7. The van der Waals surface area contributed by atoms with Gasteiger partial charge in [-0.2, -0.15) is 10.4 Å². The fourth-order valence-corrected chi connectivity index (χ4v) is 2.21. The van der Waals surface area contributed by atoms with Gasteiger partial charge in [0, 0.05) is 6.04 Å². The number of nitrogens with zero attached hydrogens (tertiary/aromatic N) is 3. The van der Waals surface area contributed by atoms with Crippen molar-refractivity contribution in [3.8, 4) is 6.07 Å². The third-order valence-corrected chi connectivity index (χ3v) is 3.48. The van der Waals surface area contributed by atoms with Crippen molar-refractivity contribution < 1.29 is 9.90 Å². The van der Waals surface area contributed by atoms with Crippen LogP contribution in [0.5, 0.6) is 0 Å². The minimum absolute atomic E-state index is 0.0266. The van der Waals surface area contributed by atoms with E-state index in [0.717, 1.165) is 11.3 Å². The maximum atomic E-state index is 10.9. The lowest BCUT2D eigenvalue weighted by Gasteiger charge is -2.22. The Kier molecular flexibility index (Phi) is 6.10. The molecule has 0 saturated carbocycles. The highest BCUT2D eigenvalue weighted by atomic mass is 16.4. The summed E-state index contributed by atoms with van der Waals surface area (Å²) in [6.45, 7) is 7.80. The van der Waals surface area contributed by atoms with Crippen LogP contribution >= 0.6 is 0 Å². The molecule has 2 N–H and O–H groups in total. The molecular weight excluding hydrogens is 268 g/mol. The van der Waals surface area contributed by atoms with Gasteiger partial charge in [-0.05, 0) is 24.3 Å². The van der Waals surface area contributed by atoms with Crippen LogP contribution in [0.4, 0.5) is 5.82 Å². The molecule has 1 heterocycles. The molecule has 0 aliphatic carbocycles. The Balaban J connectivity index is 3.18. The molecule has 6 nitrogen and oxygen atoms in total. The van der Waals surface area contributed by atoms with Gasteiger partial charge in [0.2, 0.25) is 0 Å². The highest BCUT2D eigenvalue weighted by Crippen LogP contribution is 2.22. The van der Waals surface area contributed by atoms with Crippen LogP contribution in [0.3, 0.4) is 0 Å². The summed E-state index contributed by atoms with van der Waals surface area (Å²) < 4.78 is 0. The lowest BCUT2D eigenvalue weighted by atomic mass is 9.99. The van der Waals surface area contributed by atoms with E-state index in [1.54, 1.807) is 0 Å². The monoisotopic (exact) mass is 290 g/mol. The zero-order chi connectivity index (χ0) is 16.0. The summed E-state index contributed by atoms with van der Waals surface area (Å²) in [5, 5.41) is 29.7. The SMILES string of the molecule is CCc1nnc(NC(CC(=O)O)C(C)C)c(C#N)c1CC. The molecule has 0 spiro atoms. The molecule has 1 aromatic rings. The van der Waals surface area contributed by atoms with E-state index in [1.807, 2.05) is 27.7 Å². The minimum Gasteiger partial charge on any atom is -0.481 e. The highest BCUT2D eigenvalue weighted by molar-refractivity contribution is 5.68. The average molecular weight is 290 g/mol. The van der Waals surface area contributed by atoms with E-state index in [2.05, 4.69) is 21.6 Å². The van der Waals surface area contributed by atoms with Crippen LogP contribution in [0.15, 0.2) is 0 Å². The van der Waals surface area contributed by atoms with Crippen molar-refractivity contribution in [2.45, 2.75) is 53.0 Å². The minimum atomic E-state index is -0.881. The number of carbonyl (C=O) groups is 1. The van der Waals surface area contributed by atoms with Crippen LogP contribution in [-0.2, 0) is 17.6 Å². The molecule has 1 atom stereocenters. The molecule has 1 rings (SSSR count). The Morgan fingerprint density at radius 3 is 2.43 bits per heavy atom. The largest absolute Gasteiger partial charge is 0.481 e. The maximum Gasteiger partial charge on any atom is 0.305 e. The number of anilines is 1. The Morgan fingerprint density at radius 2 is 2.00 bits per heavy atom. The molecule has 0 aliphatic rings. The van der Waals surface area contributed by atoms with E-state index in [1.165, 1.54) is 0 Å². The summed E-state index contributed by atoms with van der Waals surface area (Å²) in [6.07, 6.45) is 1.39. The van der Waals surface area contributed by atoms with Crippen LogP contribution in [0.25, 0.3) is 0 Å². The number of aliphatic carboxylic acids is 1. The van der Waals surface area contributed by atoms with Gasteiger partial charge < -0.3 is 10.4 Å².